The summed E-state index contributed by atoms with van der Waals surface area (Å²) in [5.74, 6) is -0.750. The van der Waals surface area contributed by atoms with Crippen LogP contribution in [0.15, 0.2) is 29.2 Å². The highest BCUT2D eigenvalue weighted by molar-refractivity contribution is 7.90. The Hall–Kier alpha value is -1.93. The highest BCUT2D eigenvalue weighted by atomic mass is 32.2. The van der Waals surface area contributed by atoms with E-state index in [-0.39, 0.29) is 34.9 Å². The van der Waals surface area contributed by atoms with Gasteiger partial charge >= 0.3 is 5.97 Å². The number of amides is 1. The fourth-order valence-corrected chi connectivity index (χ4v) is 3.78. The molecular formula is C17H24N2O5S. The van der Waals surface area contributed by atoms with E-state index in [9.17, 15) is 18.0 Å². The summed E-state index contributed by atoms with van der Waals surface area (Å²) in [7, 11) is -3.43. The number of carbonyl (C=O) groups excluding carboxylic acids is 2. The summed E-state index contributed by atoms with van der Waals surface area (Å²) < 4.78 is 28.6. The van der Waals surface area contributed by atoms with Crippen molar-refractivity contribution in [3.63, 3.8) is 0 Å². The van der Waals surface area contributed by atoms with Gasteiger partial charge in [-0.25, -0.2) is 8.42 Å². The molecule has 0 saturated carbocycles. The van der Waals surface area contributed by atoms with Crippen molar-refractivity contribution in [1.29, 1.82) is 0 Å². The van der Waals surface area contributed by atoms with Crippen LogP contribution in [-0.4, -0.2) is 57.7 Å². The number of para-hydroxylation sites is 1. The molecule has 7 nitrogen and oxygen atoms in total. The molecule has 1 aliphatic rings. The lowest BCUT2D eigenvalue weighted by Gasteiger charge is -2.30. The highest BCUT2D eigenvalue weighted by Crippen LogP contribution is 2.21. The number of ether oxygens (including phenoxy) is 1. The molecular weight excluding hydrogens is 344 g/mol. The van der Waals surface area contributed by atoms with E-state index in [0.29, 0.717) is 13.2 Å². The number of piperidine rings is 1. The summed E-state index contributed by atoms with van der Waals surface area (Å²) >= 11 is 0. The minimum absolute atomic E-state index is 0.0893. The van der Waals surface area contributed by atoms with Gasteiger partial charge < -0.3 is 10.1 Å². The minimum atomic E-state index is -3.43. The Morgan fingerprint density at radius 3 is 2.72 bits per heavy atom. The van der Waals surface area contributed by atoms with Crippen LogP contribution in [0.25, 0.3) is 0 Å². The standard InChI is InChI=1S/C17H24N2O5S/c1-3-24-17(21)13-7-6-10-19(11-13)12-16(20)18-14-8-4-5-9-15(14)25(2,22)23/h4-5,8-9,13H,3,6-7,10-12H2,1-2H3,(H,18,20). The van der Waals surface area contributed by atoms with Crippen LogP contribution in [0.1, 0.15) is 19.8 Å². The summed E-state index contributed by atoms with van der Waals surface area (Å²) in [6.07, 6.45) is 2.68. The molecule has 0 aromatic heterocycles. The van der Waals surface area contributed by atoms with Crippen LogP contribution in [0.3, 0.4) is 0 Å². The van der Waals surface area contributed by atoms with Crippen molar-refractivity contribution in [2.45, 2.75) is 24.7 Å². The third kappa shape index (κ3) is 5.54. The first-order valence-corrected chi connectivity index (χ1v) is 10.2. The third-order valence-corrected chi connectivity index (χ3v) is 5.21. The SMILES string of the molecule is CCOC(=O)C1CCCN(CC(=O)Nc2ccccc2S(C)(=O)=O)C1. The molecule has 1 atom stereocenters. The van der Waals surface area contributed by atoms with Crippen molar-refractivity contribution < 1.29 is 22.7 Å². The lowest BCUT2D eigenvalue weighted by molar-refractivity contribution is -0.150. The Kier molecular flexibility index (Phi) is 6.55. The van der Waals surface area contributed by atoms with Gasteiger partial charge in [0, 0.05) is 12.8 Å². The average Bonchev–Trinajstić information content (AvgIpc) is 2.54. The molecule has 0 spiro atoms. The Morgan fingerprint density at radius 2 is 2.04 bits per heavy atom. The smallest absolute Gasteiger partial charge is 0.310 e. The van der Waals surface area contributed by atoms with Crippen LogP contribution >= 0.6 is 0 Å². The van der Waals surface area contributed by atoms with Crippen LogP contribution in [0.5, 0.6) is 0 Å². The van der Waals surface area contributed by atoms with Crippen molar-refractivity contribution in [2.24, 2.45) is 5.92 Å². The molecule has 1 saturated heterocycles. The van der Waals surface area contributed by atoms with E-state index in [1.807, 2.05) is 4.90 Å². The molecule has 25 heavy (non-hydrogen) atoms. The monoisotopic (exact) mass is 368 g/mol. The largest absolute Gasteiger partial charge is 0.466 e. The lowest BCUT2D eigenvalue weighted by Crippen LogP contribution is -2.43. The van der Waals surface area contributed by atoms with Gasteiger partial charge in [0.15, 0.2) is 9.84 Å². The number of anilines is 1. The van der Waals surface area contributed by atoms with Crippen LogP contribution in [0.4, 0.5) is 5.69 Å². The van der Waals surface area contributed by atoms with E-state index in [2.05, 4.69) is 5.32 Å². The van der Waals surface area contributed by atoms with E-state index < -0.39 is 9.84 Å². The number of rotatable bonds is 6. The molecule has 0 bridgehead atoms. The van der Waals surface area contributed by atoms with Crippen molar-refractivity contribution in [1.82, 2.24) is 4.90 Å². The zero-order valence-corrected chi connectivity index (χ0v) is 15.3. The number of nitrogens with one attached hydrogen (secondary N) is 1. The number of sulfone groups is 1. The molecule has 1 aliphatic heterocycles. The van der Waals surface area contributed by atoms with Gasteiger partial charge in [-0.1, -0.05) is 12.1 Å². The van der Waals surface area contributed by atoms with Crippen molar-refractivity contribution >= 4 is 27.4 Å². The molecule has 1 unspecified atom stereocenters. The van der Waals surface area contributed by atoms with Crippen LogP contribution in [0.2, 0.25) is 0 Å². The topological polar surface area (TPSA) is 92.8 Å². The van der Waals surface area contributed by atoms with Gasteiger partial charge in [-0.05, 0) is 38.4 Å². The number of carbonyl (C=O) groups is 2. The number of benzene rings is 1. The molecule has 1 aromatic carbocycles. The predicted octanol–water partition coefficient (Wildman–Crippen LogP) is 1.30. The van der Waals surface area contributed by atoms with Gasteiger partial charge in [-0.2, -0.15) is 0 Å². The Balaban J connectivity index is 1.98. The summed E-state index contributed by atoms with van der Waals surface area (Å²) in [6, 6.07) is 6.30. The van der Waals surface area contributed by atoms with Crippen molar-refractivity contribution in [3.05, 3.63) is 24.3 Å². The van der Waals surface area contributed by atoms with Crippen LogP contribution < -0.4 is 5.32 Å². The second-order valence-corrected chi connectivity index (χ2v) is 8.13. The first kappa shape index (κ1) is 19.4. The molecule has 2 rings (SSSR count). The summed E-state index contributed by atoms with van der Waals surface area (Å²) in [6.45, 7) is 3.41. The van der Waals surface area contributed by atoms with Gasteiger partial charge in [-0.15, -0.1) is 0 Å². The fraction of sp³-hybridized carbons (Fsp3) is 0.529. The molecule has 1 aromatic rings. The first-order chi connectivity index (χ1) is 11.8. The second kappa shape index (κ2) is 8.44. The Labute approximate surface area is 148 Å². The maximum absolute atomic E-state index is 12.3. The zero-order chi connectivity index (χ0) is 18.4. The van der Waals surface area contributed by atoms with Gasteiger partial charge in [-0.3, -0.25) is 14.5 Å². The molecule has 1 heterocycles. The maximum atomic E-state index is 12.3. The van der Waals surface area contributed by atoms with E-state index in [1.54, 1.807) is 25.1 Å². The summed E-state index contributed by atoms with van der Waals surface area (Å²) in [5.41, 5.74) is 0.272. The van der Waals surface area contributed by atoms with E-state index in [4.69, 9.17) is 4.74 Å². The zero-order valence-electron chi connectivity index (χ0n) is 14.5. The van der Waals surface area contributed by atoms with E-state index >= 15 is 0 Å². The molecule has 8 heteroatoms. The van der Waals surface area contributed by atoms with Gasteiger partial charge in [0.05, 0.1) is 29.7 Å². The molecule has 0 radical (unpaired) electrons. The molecule has 0 aliphatic carbocycles. The number of hydrogen-bond acceptors (Lipinski definition) is 6. The number of nitrogens with zero attached hydrogens (tertiary/aromatic N) is 1. The molecule has 1 amide bonds. The first-order valence-electron chi connectivity index (χ1n) is 8.29. The van der Waals surface area contributed by atoms with Gasteiger partial charge in [0.25, 0.3) is 0 Å². The molecule has 1 fully saturated rings. The Morgan fingerprint density at radius 1 is 1.32 bits per heavy atom. The minimum Gasteiger partial charge on any atom is -0.466 e. The van der Waals surface area contributed by atoms with Crippen molar-refractivity contribution in [3.8, 4) is 0 Å². The second-order valence-electron chi connectivity index (χ2n) is 6.14. The Bertz CT molecular complexity index is 732. The normalized spacial score (nSPS) is 18.6. The van der Waals surface area contributed by atoms with E-state index in [0.717, 1.165) is 25.6 Å². The summed E-state index contributed by atoms with van der Waals surface area (Å²) in [4.78, 5) is 26.1. The quantitative estimate of drug-likeness (QED) is 0.761. The van der Waals surface area contributed by atoms with Crippen LogP contribution in [0, 0.1) is 5.92 Å². The summed E-state index contributed by atoms with van der Waals surface area (Å²) in [5, 5.41) is 2.66. The number of hydrogen-bond donors (Lipinski definition) is 1. The predicted molar refractivity (Wildman–Crippen MR) is 94.0 cm³/mol. The molecule has 1 N–H and O–H groups in total. The number of likely N-dealkylation sites (tertiary alicyclic amines) is 1. The van der Waals surface area contributed by atoms with Gasteiger partial charge in [0.2, 0.25) is 5.91 Å². The number of esters is 1. The van der Waals surface area contributed by atoms with E-state index in [1.165, 1.54) is 6.07 Å². The fourth-order valence-electron chi connectivity index (χ4n) is 2.94. The lowest BCUT2D eigenvalue weighted by atomic mass is 9.98. The highest BCUT2D eigenvalue weighted by Gasteiger charge is 2.28. The third-order valence-electron chi connectivity index (χ3n) is 4.05. The van der Waals surface area contributed by atoms with Crippen LogP contribution in [-0.2, 0) is 24.2 Å². The molecule has 138 valence electrons. The average molecular weight is 368 g/mol. The maximum Gasteiger partial charge on any atom is 0.310 e. The van der Waals surface area contributed by atoms with Gasteiger partial charge in [0.1, 0.15) is 0 Å². The van der Waals surface area contributed by atoms with Crippen molar-refractivity contribution in [2.75, 3.05) is 37.8 Å².